The molecule has 3 N–H and O–H groups in total. The number of hydrogen-bond acceptors (Lipinski definition) is 7. The van der Waals surface area contributed by atoms with Crippen molar-refractivity contribution in [1.29, 1.82) is 0 Å². The number of ketones is 2. The standard InChI is InChI=1S/C25H20N4O5/c1-10-20(31)18(12(3)30)22-19(21(10)32)25(4)16(34-22)9-15-17(23(25)33)11(2)28-29(15)24-26-13-7-5-6-8-14(13)27-24/h5-9,31-32H,1-4H3,(H,26,27)/t25-/m0/s1. The molecule has 0 saturated heterocycles. The number of hydrogen-bond donors (Lipinski definition) is 3. The highest BCUT2D eigenvalue weighted by atomic mass is 16.5. The summed E-state index contributed by atoms with van der Waals surface area (Å²) < 4.78 is 7.59. The summed E-state index contributed by atoms with van der Waals surface area (Å²) >= 11 is 0. The number of rotatable bonds is 2. The maximum atomic E-state index is 14.0. The van der Waals surface area contributed by atoms with Gasteiger partial charge in [0.05, 0.1) is 33.5 Å². The van der Waals surface area contributed by atoms with Crippen molar-refractivity contribution >= 4 is 28.7 Å². The maximum absolute atomic E-state index is 14.0. The summed E-state index contributed by atoms with van der Waals surface area (Å²) in [5.41, 5.74) is 1.76. The van der Waals surface area contributed by atoms with Crippen molar-refractivity contribution in [1.82, 2.24) is 19.7 Å². The van der Waals surface area contributed by atoms with E-state index in [1.807, 2.05) is 24.3 Å². The Morgan fingerprint density at radius 1 is 1.18 bits per heavy atom. The van der Waals surface area contributed by atoms with E-state index in [1.54, 1.807) is 24.6 Å². The van der Waals surface area contributed by atoms with E-state index in [0.29, 0.717) is 22.9 Å². The number of benzene rings is 2. The first kappa shape index (κ1) is 20.2. The van der Waals surface area contributed by atoms with Gasteiger partial charge in [-0.05, 0) is 39.8 Å². The van der Waals surface area contributed by atoms with Gasteiger partial charge >= 0.3 is 0 Å². The molecule has 0 saturated carbocycles. The van der Waals surface area contributed by atoms with Gasteiger partial charge in [0.1, 0.15) is 34.0 Å². The van der Waals surface area contributed by atoms with Crippen molar-refractivity contribution in [2.24, 2.45) is 0 Å². The Balaban J connectivity index is 1.62. The van der Waals surface area contributed by atoms with Gasteiger partial charge in [-0.25, -0.2) is 4.98 Å². The third kappa shape index (κ3) is 2.28. The summed E-state index contributed by atoms with van der Waals surface area (Å²) in [4.78, 5) is 34.2. The molecule has 0 bridgehead atoms. The van der Waals surface area contributed by atoms with Crippen LogP contribution in [-0.2, 0) is 5.41 Å². The number of nitrogens with zero attached hydrogens (tertiary/aromatic N) is 3. The van der Waals surface area contributed by atoms with Crippen LogP contribution in [0.3, 0.4) is 0 Å². The Morgan fingerprint density at radius 3 is 2.62 bits per heavy atom. The summed E-state index contributed by atoms with van der Waals surface area (Å²) in [6.07, 6.45) is 1.68. The number of aryl methyl sites for hydroxylation is 1. The van der Waals surface area contributed by atoms with E-state index in [9.17, 15) is 19.8 Å². The summed E-state index contributed by atoms with van der Waals surface area (Å²) in [5.74, 6) is -0.720. The third-order valence-electron chi connectivity index (χ3n) is 6.82. The highest BCUT2D eigenvalue weighted by Gasteiger charge is 2.55. The molecular formula is C25H20N4O5. The van der Waals surface area contributed by atoms with E-state index in [2.05, 4.69) is 15.1 Å². The number of aromatic hydroxyl groups is 2. The lowest BCUT2D eigenvalue weighted by Gasteiger charge is -2.27. The van der Waals surface area contributed by atoms with E-state index in [-0.39, 0.29) is 45.5 Å². The van der Waals surface area contributed by atoms with Gasteiger partial charge in [-0.3, -0.25) is 9.59 Å². The van der Waals surface area contributed by atoms with Crippen molar-refractivity contribution in [3.63, 3.8) is 0 Å². The average molecular weight is 456 g/mol. The Labute approximate surface area is 193 Å². The van der Waals surface area contributed by atoms with E-state index in [4.69, 9.17) is 4.74 Å². The van der Waals surface area contributed by atoms with Crippen LogP contribution >= 0.6 is 0 Å². The molecule has 1 aliphatic heterocycles. The molecule has 34 heavy (non-hydrogen) atoms. The molecule has 0 amide bonds. The topological polar surface area (TPSA) is 130 Å². The molecule has 9 heteroatoms. The summed E-state index contributed by atoms with van der Waals surface area (Å²) in [6, 6.07) is 7.54. The Kier molecular flexibility index (Phi) is 3.77. The van der Waals surface area contributed by atoms with Crippen LogP contribution in [0.15, 0.2) is 30.0 Å². The van der Waals surface area contributed by atoms with E-state index < -0.39 is 11.2 Å². The number of para-hydroxylation sites is 2. The first-order valence-corrected chi connectivity index (χ1v) is 10.7. The van der Waals surface area contributed by atoms with Gasteiger partial charge in [-0.1, -0.05) is 12.1 Å². The van der Waals surface area contributed by atoms with E-state index >= 15 is 0 Å². The van der Waals surface area contributed by atoms with Crippen LogP contribution < -0.4 is 4.74 Å². The second-order valence-corrected chi connectivity index (χ2v) is 8.86. The van der Waals surface area contributed by atoms with Gasteiger partial charge in [0.15, 0.2) is 11.6 Å². The van der Waals surface area contributed by atoms with Gasteiger partial charge in [-0.15, -0.1) is 0 Å². The van der Waals surface area contributed by atoms with Crippen LogP contribution in [0.4, 0.5) is 0 Å². The number of H-pyrrole nitrogens is 1. The highest BCUT2D eigenvalue weighted by molar-refractivity contribution is 6.14. The first-order chi connectivity index (χ1) is 16.1. The molecule has 9 nitrogen and oxygen atoms in total. The molecule has 1 atom stereocenters. The fourth-order valence-electron chi connectivity index (χ4n) is 4.99. The molecule has 2 aliphatic rings. The zero-order chi connectivity index (χ0) is 24.1. The second kappa shape index (κ2) is 6.34. The van der Waals surface area contributed by atoms with E-state index in [0.717, 1.165) is 11.0 Å². The normalized spacial score (nSPS) is 18.4. The lowest BCUT2D eigenvalue weighted by Crippen LogP contribution is -2.36. The smallest absolute Gasteiger partial charge is 0.229 e. The highest BCUT2D eigenvalue weighted by Crippen LogP contribution is 2.58. The molecule has 2 aromatic heterocycles. The number of aromatic amines is 1. The molecule has 0 unspecified atom stereocenters. The predicted octanol–water partition coefficient (Wildman–Crippen LogP) is 3.87. The van der Waals surface area contributed by atoms with Crippen LogP contribution in [0.25, 0.3) is 23.1 Å². The van der Waals surface area contributed by atoms with Crippen LogP contribution in [0.2, 0.25) is 0 Å². The molecule has 6 rings (SSSR count). The summed E-state index contributed by atoms with van der Waals surface area (Å²) in [6.45, 7) is 6.17. The fourth-order valence-corrected chi connectivity index (χ4v) is 4.99. The van der Waals surface area contributed by atoms with Crippen molar-refractivity contribution in [2.75, 3.05) is 0 Å². The quantitative estimate of drug-likeness (QED) is 0.390. The number of Topliss-reactive ketones (excluding diaryl/α,β-unsaturated/α-hetero) is 2. The number of imidazole rings is 1. The summed E-state index contributed by atoms with van der Waals surface area (Å²) in [5, 5.41) is 26.1. The molecule has 1 aliphatic carbocycles. The molecule has 170 valence electrons. The number of fused-ring (bicyclic) bond motifs is 5. The van der Waals surface area contributed by atoms with Crippen molar-refractivity contribution in [3.8, 4) is 23.2 Å². The molecule has 0 spiro atoms. The van der Waals surface area contributed by atoms with Gasteiger partial charge in [-0.2, -0.15) is 9.78 Å². The van der Waals surface area contributed by atoms with Crippen LogP contribution in [0, 0.1) is 13.8 Å². The van der Waals surface area contributed by atoms with Gasteiger partial charge in [0.2, 0.25) is 5.95 Å². The number of phenolic OH excluding ortho intramolecular Hbond substituents is 2. The lowest BCUT2D eigenvalue weighted by atomic mass is 9.71. The van der Waals surface area contributed by atoms with Gasteiger partial charge in [0.25, 0.3) is 0 Å². The number of allylic oxidation sites excluding steroid dienone is 1. The Hall–Kier alpha value is -4.40. The number of nitrogens with one attached hydrogen (secondary N) is 1. The molecule has 0 radical (unpaired) electrons. The third-order valence-corrected chi connectivity index (χ3v) is 6.82. The second-order valence-electron chi connectivity index (χ2n) is 8.86. The number of carbonyl (C=O) groups excluding carboxylic acids is 2. The minimum absolute atomic E-state index is 0.00116. The molecule has 4 aromatic rings. The van der Waals surface area contributed by atoms with Crippen LogP contribution in [0.1, 0.15) is 57.1 Å². The first-order valence-electron chi connectivity index (χ1n) is 10.7. The zero-order valence-corrected chi connectivity index (χ0v) is 18.8. The molecule has 0 fully saturated rings. The predicted molar refractivity (Wildman–Crippen MR) is 123 cm³/mol. The summed E-state index contributed by atoms with van der Waals surface area (Å²) in [7, 11) is 0. The van der Waals surface area contributed by atoms with Crippen LogP contribution in [-0.4, -0.2) is 41.5 Å². The fraction of sp³-hybridized carbons (Fsp3) is 0.200. The Morgan fingerprint density at radius 2 is 1.91 bits per heavy atom. The van der Waals surface area contributed by atoms with Gasteiger partial charge < -0.3 is 19.9 Å². The SMILES string of the molecule is CC(=O)c1c(O)c(C)c(O)c2c1OC1=Cc3c(c(C)nn3-c3nc4ccccc4[nH]3)C(=O)[C@@]12C. The number of ether oxygens (including phenoxy) is 1. The van der Waals surface area contributed by atoms with Crippen molar-refractivity contribution < 1.29 is 24.5 Å². The van der Waals surface area contributed by atoms with Crippen molar-refractivity contribution in [3.05, 3.63) is 63.7 Å². The molecule has 3 heterocycles. The van der Waals surface area contributed by atoms with E-state index in [1.165, 1.54) is 13.8 Å². The van der Waals surface area contributed by atoms with Crippen LogP contribution in [0.5, 0.6) is 17.2 Å². The lowest BCUT2D eigenvalue weighted by molar-refractivity contribution is 0.0905. The van der Waals surface area contributed by atoms with Crippen molar-refractivity contribution in [2.45, 2.75) is 33.1 Å². The van der Waals surface area contributed by atoms with Gasteiger partial charge in [0, 0.05) is 11.6 Å². The minimum Gasteiger partial charge on any atom is -0.507 e. The minimum atomic E-state index is -1.39. The number of aromatic nitrogens is 4. The largest absolute Gasteiger partial charge is 0.507 e. The monoisotopic (exact) mass is 456 g/mol. The average Bonchev–Trinajstić information content (AvgIpc) is 3.44. The number of phenols is 2. The number of carbonyl (C=O) groups is 2. The molecule has 2 aromatic carbocycles. The zero-order valence-electron chi connectivity index (χ0n) is 18.8. The maximum Gasteiger partial charge on any atom is 0.229 e. The Bertz CT molecular complexity index is 1610. The molecular weight excluding hydrogens is 436 g/mol.